The number of hydrogen-bond donors (Lipinski definition) is 5. The molecule has 1 aliphatic heterocycles. The van der Waals surface area contributed by atoms with Crippen molar-refractivity contribution in [1.29, 1.82) is 0 Å². The van der Waals surface area contributed by atoms with Crippen molar-refractivity contribution in [1.82, 2.24) is 0 Å². The first-order valence-corrected chi connectivity index (χ1v) is 3.45. The molecule has 0 aromatic heterocycles. The highest BCUT2D eigenvalue weighted by Crippen LogP contribution is 2.23. The molecule has 0 spiro atoms. The Kier molecular flexibility index (Phi) is 2.99. The molecule has 1 fully saturated rings. The van der Waals surface area contributed by atoms with E-state index in [1.165, 1.54) is 0 Å². The molecule has 6 nitrogen and oxygen atoms in total. The fourth-order valence-corrected chi connectivity index (χ4v) is 0.993. The molecular formula is C6H11O6. The van der Waals surface area contributed by atoms with Crippen LogP contribution in [0.5, 0.6) is 0 Å². The van der Waals surface area contributed by atoms with E-state index in [4.69, 9.17) is 25.5 Å². The minimum Gasteiger partial charge on any atom is -0.394 e. The summed E-state index contributed by atoms with van der Waals surface area (Å²) < 4.78 is 4.49. The van der Waals surface area contributed by atoms with Crippen LogP contribution in [0.4, 0.5) is 0 Å². The van der Waals surface area contributed by atoms with Crippen LogP contribution in [-0.4, -0.2) is 56.6 Å². The first-order chi connectivity index (χ1) is 5.57. The lowest BCUT2D eigenvalue weighted by molar-refractivity contribution is -0.230. The number of aliphatic hydroxyl groups is 5. The van der Waals surface area contributed by atoms with Crippen LogP contribution in [0.25, 0.3) is 0 Å². The average Bonchev–Trinajstić information content (AvgIpc) is 2.08. The van der Waals surface area contributed by atoms with Crippen molar-refractivity contribution in [3.05, 3.63) is 6.29 Å². The average molecular weight is 179 g/mol. The molecular weight excluding hydrogens is 168 g/mol. The molecule has 71 valence electrons. The van der Waals surface area contributed by atoms with Crippen molar-refractivity contribution in [2.24, 2.45) is 0 Å². The minimum atomic E-state index is -1.62. The smallest absolute Gasteiger partial charge is 0.254 e. The third kappa shape index (κ3) is 1.58. The van der Waals surface area contributed by atoms with Gasteiger partial charge in [-0.05, 0) is 0 Å². The SMILES string of the molecule is OC[C@@H]1O[C](O)[C@@H](O)[C@H](O)[C@@H]1O. The predicted molar refractivity (Wildman–Crippen MR) is 35.2 cm³/mol. The summed E-state index contributed by atoms with van der Waals surface area (Å²) in [5, 5.41) is 44.5. The molecule has 0 unspecified atom stereocenters. The highest BCUT2D eigenvalue weighted by Gasteiger charge is 2.43. The first kappa shape index (κ1) is 9.85. The third-order valence-corrected chi connectivity index (χ3v) is 1.76. The largest absolute Gasteiger partial charge is 0.394 e. The minimum absolute atomic E-state index is 0.547. The number of aliphatic hydroxyl groups excluding tert-OH is 5. The zero-order valence-electron chi connectivity index (χ0n) is 6.16. The van der Waals surface area contributed by atoms with Gasteiger partial charge in [0.05, 0.1) is 6.61 Å². The Morgan fingerprint density at radius 1 is 1.17 bits per heavy atom. The van der Waals surface area contributed by atoms with Gasteiger partial charge in [-0.2, -0.15) is 0 Å². The molecule has 1 aliphatic rings. The van der Waals surface area contributed by atoms with E-state index in [1.54, 1.807) is 0 Å². The van der Waals surface area contributed by atoms with Gasteiger partial charge >= 0.3 is 0 Å². The van der Waals surface area contributed by atoms with E-state index in [-0.39, 0.29) is 0 Å². The fourth-order valence-electron chi connectivity index (χ4n) is 0.993. The van der Waals surface area contributed by atoms with E-state index in [9.17, 15) is 0 Å². The van der Waals surface area contributed by atoms with Gasteiger partial charge in [-0.25, -0.2) is 0 Å². The maximum Gasteiger partial charge on any atom is 0.254 e. The molecule has 4 atom stereocenters. The summed E-state index contributed by atoms with van der Waals surface area (Å²) in [7, 11) is 0. The van der Waals surface area contributed by atoms with Crippen LogP contribution in [0.1, 0.15) is 0 Å². The first-order valence-electron chi connectivity index (χ1n) is 3.45. The zero-order valence-corrected chi connectivity index (χ0v) is 6.16. The molecule has 0 aliphatic carbocycles. The summed E-state index contributed by atoms with van der Waals surface area (Å²) in [5.41, 5.74) is 0. The highest BCUT2D eigenvalue weighted by atomic mass is 16.6. The standard InChI is InChI=1S/C6H11O6/c7-1-2-3(8)4(9)5(10)6(11)12-2/h2-5,7-11H,1H2/t2-,3+,4+,5-/m0/s1. The van der Waals surface area contributed by atoms with Crippen LogP contribution in [0.3, 0.4) is 0 Å². The molecule has 5 N–H and O–H groups in total. The van der Waals surface area contributed by atoms with E-state index in [0.29, 0.717) is 0 Å². The van der Waals surface area contributed by atoms with Crippen LogP contribution in [0, 0.1) is 6.29 Å². The van der Waals surface area contributed by atoms with E-state index in [0.717, 1.165) is 0 Å². The van der Waals surface area contributed by atoms with Crippen LogP contribution in [-0.2, 0) is 4.74 Å². The Morgan fingerprint density at radius 3 is 2.25 bits per heavy atom. The summed E-state index contributed by atoms with van der Waals surface area (Å²) in [6, 6.07) is 0. The molecule has 1 saturated heterocycles. The third-order valence-electron chi connectivity index (χ3n) is 1.76. The van der Waals surface area contributed by atoms with Gasteiger partial charge in [0, 0.05) is 0 Å². The summed E-state index contributed by atoms with van der Waals surface area (Å²) in [5.74, 6) is 0. The van der Waals surface area contributed by atoms with Crippen molar-refractivity contribution in [3.63, 3.8) is 0 Å². The molecule has 0 saturated carbocycles. The fraction of sp³-hybridized carbons (Fsp3) is 0.833. The van der Waals surface area contributed by atoms with Gasteiger partial charge in [-0.3, -0.25) is 0 Å². The second-order valence-electron chi connectivity index (χ2n) is 2.60. The summed E-state index contributed by atoms with van der Waals surface area (Å²) in [4.78, 5) is 0. The van der Waals surface area contributed by atoms with E-state index < -0.39 is 37.3 Å². The summed E-state index contributed by atoms with van der Waals surface area (Å²) in [6.45, 7) is -0.547. The second kappa shape index (κ2) is 3.65. The molecule has 0 amide bonds. The Morgan fingerprint density at radius 2 is 1.75 bits per heavy atom. The van der Waals surface area contributed by atoms with Crippen LogP contribution < -0.4 is 0 Å². The van der Waals surface area contributed by atoms with Crippen molar-refractivity contribution in [2.45, 2.75) is 24.4 Å². The normalized spacial score (nSPS) is 44.8. The number of rotatable bonds is 1. The lowest BCUT2D eigenvalue weighted by atomic mass is 10.00. The second-order valence-corrected chi connectivity index (χ2v) is 2.60. The van der Waals surface area contributed by atoms with E-state index >= 15 is 0 Å². The molecule has 1 radical (unpaired) electrons. The van der Waals surface area contributed by atoms with Gasteiger partial charge in [-0.1, -0.05) is 0 Å². The Labute approximate surface area is 68.6 Å². The number of ether oxygens (including phenoxy) is 1. The highest BCUT2D eigenvalue weighted by molar-refractivity contribution is 4.95. The number of hydrogen-bond acceptors (Lipinski definition) is 6. The Balaban J connectivity index is 2.63. The van der Waals surface area contributed by atoms with Crippen molar-refractivity contribution >= 4 is 0 Å². The van der Waals surface area contributed by atoms with Gasteiger partial charge in [0.1, 0.15) is 24.4 Å². The zero-order chi connectivity index (χ0) is 9.30. The maximum absolute atomic E-state index is 9.11. The monoisotopic (exact) mass is 179 g/mol. The molecule has 1 heterocycles. The van der Waals surface area contributed by atoms with Crippen LogP contribution in [0.2, 0.25) is 0 Å². The maximum atomic E-state index is 9.11. The molecule has 1 rings (SSSR count). The molecule has 6 heteroatoms. The molecule has 0 bridgehead atoms. The van der Waals surface area contributed by atoms with Gasteiger partial charge < -0.3 is 30.3 Å². The quantitative estimate of drug-likeness (QED) is 0.300. The summed E-state index contributed by atoms with van der Waals surface area (Å²) >= 11 is 0. The topological polar surface area (TPSA) is 110 Å². The van der Waals surface area contributed by atoms with Crippen molar-refractivity contribution in [2.75, 3.05) is 6.61 Å². The molecule has 0 aromatic carbocycles. The van der Waals surface area contributed by atoms with E-state index in [2.05, 4.69) is 4.74 Å². The Hall–Kier alpha value is -0.240. The van der Waals surface area contributed by atoms with Crippen molar-refractivity contribution in [3.8, 4) is 0 Å². The van der Waals surface area contributed by atoms with Gasteiger partial charge in [0.2, 0.25) is 0 Å². The van der Waals surface area contributed by atoms with Crippen molar-refractivity contribution < 1.29 is 30.3 Å². The van der Waals surface area contributed by atoms with Crippen LogP contribution >= 0.6 is 0 Å². The Bertz CT molecular complexity index is 146. The molecule has 12 heavy (non-hydrogen) atoms. The lowest BCUT2D eigenvalue weighted by Crippen LogP contribution is -2.55. The van der Waals surface area contributed by atoms with Gasteiger partial charge in [0.25, 0.3) is 6.29 Å². The van der Waals surface area contributed by atoms with Crippen LogP contribution in [0.15, 0.2) is 0 Å². The molecule has 0 aromatic rings. The van der Waals surface area contributed by atoms with E-state index in [1.807, 2.05) is 0 Å². The van der Waals surface area contributed by atoms with Gasteiger partial charge in [-0.15, -0.1) is 0 Å². The predicted octanol–water partition coefficient (Wildman–Crippen LogP) is -2.68. The summed E-state index contributed by atoms with van der Waals surface area (Å²) in [6.07, 6.45) is -6.44. The van der Waals surface area contributed by atoms with Gasteiger partial charge in [0.15, 0.2) is 0 Å². The lowest BCUT2D eigenvalue weighted by Gasteiger charge is -2.36.